The molecule has 0 bridgehead atoms. The van der Waals surface area contributed by atoms with Crippen molar-refractivity contribution < 1.29 is 4.79 Å². The number of benzene rings is 1. The first-order chi connectivity index (χ1) is 13.5. The molecule has 0 unspecified atom stereocenters. The summed E-state index contributed by atoms with van der Waals surface area (Å²) in [7, 11) is 1.68. The van der Waals surface area contributed by atoms with E-state index < -0.39 is 11.2 Å². The van der Waals surface area contributed by atoms with Gasteiger partial charge in [0.15, 0.2) is 5.82 Å². The first-order valence-electron chi connectivity index (χ1n) is 9.41. The van der Waals surface area contributed by atoms with Gasteiger partial charge in [0, 0.05) is 20.0 Å². The first-order valence-corrected chi connectivity index (χ1v) is 9.41. The summed E-state index contributed by atoms with van der Waals surface area (Å²) in [6.07, 6.45) is 4.26. The van der Waals surface area contributed by atoms with Gasteiger partial charge in [-0.3, -0.25) is 19.1 Å². The number of carbonyl (C=O) groups is 1. The molecule has 0 fully saturated rings. The van der Waals surface area contributed by atoms with E-state index in [4.69, 9.17) is 0 Å². The van der Waals surface area contributed by atoms with Gasteiger partial charge >= 0.3 is 5.69 Å². The number of para-hydroxylation sites is 1. The van der Waals surface area contributed by atoms with Crippen molar-refractivity contribution >= 4 is 16.8 Å². The minimum atomic E-state index is -0.596. The summed E-state index contributed by atoms with van der Waals surface area (Å²) < 4.78 is 3.39. The third-order valence-electron chi connectivity index (χ3n) is 5.19. The molecular weight excluding hydrogens is 360 g/mol. The average molecular weight is 382 g/mol. The second-order valence-corrected chi connectivity index (χ2v) is 7.11. The van der Waals surface area contributed by atoms with Crippen molar-refractivity contribution in [2.24, 2.45) is 0 Å². The Balaban J connectivity index is 1.57. The first kappa shape index (κ1) is 18.1. The fourth-order valence-corrected chi connectivity index (χ4v) is 3.62. The average Bonchev–Trinajstić information content (AvgIpc) is 2.91. The van der Waals surface area contributed by atoms with Crippen LogP contribution in [0.25, 0.3) is 10.9 Å². The predicted molar refractivity (Wildman–Crippen MR) is 103 cm³/mol. The number of fused-ring (bicyclic) bond motifs is 2. The van der Waals surface area contributed by atoms with Crippen LogP contribution in [-0.4, -0.2) is 42.2 Å². The summed E-state index contributed by atoms with van der Waals surface area (Å²) >= 11 is 0. The van der Waals surface area contributed by atoms with Crippen molar-refractivity contribution in [3.63, 3.8) is 0 Å². The molecule has 3 aromatic rings. The number of hydrogen-bond donors (Lipinski definition) is 1. The maximum atomic E-state index is 12.8. The van der Waals surface area contributed by atoms with Gasteiger partial charge in [-0.25, -0.2) is 4.79 Å². The molecule has 1 aliphatic heterocycles. The molecule has 3 heterocycles. The molecule has 4 rings (SSSR count). The lowest BCUT2D eigenvalue weighted by Crippen LogP contribution is -2.37. The number of aromatic amines is 1. The molecule has 0 saturated heterocycles. The molecule has 1 amide bonds. The van der Waals surface area contributed by atoms with Gasteiger partial charge in [0.25, 0.3) is 5.56 Å². The van der Waals surface area contributed by atoms with E-state index >= 15 is 0 Å². The monoisotopic (exact) mass is 382 g/mol. The van der Waals surface area contributed by atoms with E-state index in [1.807, 2.05) is 0 Å². The molecular formula is C19H22N6O3. The minimum Gasteiger partial charge on any atom is -0.337 e. The molecule has 0 radical (unpaired) electrons. The zero-order valence-corrected chi connectivity index (χ0v) is 15.7. The summed E-state index contributed by atoms with van der Waals surface area (Å²) in [5.41, 5.74) is -0.611. The topological polar surface area (TPSA) is 106 Å². The summed E-state index contributed by atoms with van der Waals surface area (Å²) in [5, 5.41) is 8.88. The largest absolute Gasteiger partial charge is 0.337 e. The van der Waals surface area contributed by atoms with Gasteiger partial charge < -0.3 is 9.47 Å². The van der Waals surface area contributed by atoms with Gasteiger partial charge in [-0.2, -0.15) is 0 Å². The van der Waals surface area contributed by atoms with Crippen LogP contribution in [0.3, 0.4) is 0 Å². The molecule has 0 aliphatic carbocycles. The molecule has 9 nitrogen and oxygen atoms in total. The lowest BCUT2D eigenvalue weighted by atomic mass is 10.2. The molecule has 1 aromatic carbocycles. The molecule has 1 aliphatic rings. The smallest absolute Gasteiger partial charge is 0.329 e. The van der Waals surface area contributed by atoms with Gasteiger partial charge in [0.05, 0.1) is 17.4 Å². The van der Waals surface area contributed by atoms with Gasteiger partial charge in [0.2, 0.25) is 5.91 Å². The Morgan fingerprint density at radius 3 is 2.86 bits per heavy atom. The molecule has 0 spiro atoms. The summed E-state index contributed by atoms with van der Waals surface area (Å²) in [4.78, 5) is 40.8. The van der Waals surface area contributed by atoms with Gasteiger partial charge in [-0.05, 0) is 25.0 Å². The highest BCUT2D eigenvalue weighted by molar-refractivity contribution is 5.81. The number of aryl methyl sites for hydroxylation is 1. The molecule has 146 valence electrons. The predicted octanol–water partition coefficient (Wildman–Crippen LogP) is 0.666. The van der Waals surface area contributed by atoms with Crippen LogP contribution < -0.4 is 11.2 Å². The van der Waals surface area contributed by atoms with Crippen molar-refractivity contribution in [2.45, 2.75) is 45.3 Å². The number of nitrogens with zero attached hydrogens (tertiary/aromatic N) is 5. The third-order valence-corrected chi connectivity index (χ3v) is 5.19. The van der Waals surface area contributed by atoms with E-state index in [9.17, 15) is 14.4 Å². The maximum absolute atomic E-state index is 12.8. The van der Waals surface area contributed by atoms with Crippen molar-refractivity contribution in [2.75, 3.05) is 7.05 Å². The second-order valence-electron chi connectivity index (χ2n) is 7.11. The minimum absolute atomic E-state index is 0.159. The van der Waals surface area contributed by atoms with Gasteiger partial charge in [-0.15, -0.1) is 10.2 Å². The van der Waals surface area contributed by atoms with E-state index in [2.05, 4.69) is 19.7 Å². The molecule has 28 heavy (non-hydrogen) atoms. The Morgan fingerprint density at radius 2 is 2.00 bits per heavy atom. The number of amides is 1. The Labute approximate surface area is 160 Å². The maximum Gasteiger partial charge on any atom is 0.329 e. The van der Waals surface area contributed by atoms with Crippen LogP contribution in [0.15, 0.2) is 33.9 Å². The Hall–Kier alpha value is -3.23. The number of aromatic nitrogens is 5. The Morgan fingerprint density at radius 1 is 1.18 bits per heavy atom. The molecule has 0 atom stereocenters. The normalized spacial score (nSPS) is 13.9. The van der Waals surface area contributed by atoms with Crippen LogP contribution in [0, 0.1) is 0 Å². The summed E-state index contributed by atoms with van der Waals surface area (Å²) in [5.74, 6) is 1.48. The van der Waals surface area contributed by atoms with Crippen LogP contribution in [0.4, 0.5) is 0 Å². The number of carbonyl (C=O) groups excluding carboxylic acids is 1. The Bertz CT molecular complexity index is 1140. The van der Waals surface area contributed by atoms with Crippen LogP contribution in [0.1, 0.15) is 30.9 Å². The lowest BCUT2D eigenvalue weighted by Gasteiger charge is -2.18. The number of likely N-dealkylation sites (N-methyl/N-ethyl adjacent to an activating group) is 1. The SMILES string of the molecule is CN(Cc1nnc2n1CCCCC2)C(=O)Cn1c(=O)[nH]c(=O)c2ccccc21. The van der Waals surface area contributed by atoms with Gasteiger partial charge in [-0.1, -0.05) is 18.6 Å². The third kappa shape index (κ3) is 3.35. The number of nitrogens with one attached hydrogen (secondary N) is 1. The van der Waals surface area contributed by atoms with Crippen molar-refractivity contribution in [1.29, 1.82) is 0 Å². The van der Waals surface area contributed by atoms with Crippen molar-refractivity contribution in [1.82, 2.24) is 29.2 Å². The number of rotatable bonds is 4. The molecule has 0 saturated carbocycles. The standard InChI is InChI=1S/C19H22N6O3/c1-23(11-16-22-21-15-9-3-2-6-10-24(15)16)17(26)12-25-14-8-5-4-7-13(14)18(27)20-19(25)28/h4-5,7-8H,2-3,6,9-12H2,1H3,(H,20,27,28). The van der Waals surface area contributed by atoms with E-state index in [1.54, 1.807) is 31.3 Å². The zero-order valence-electron chi connectivity index (χ0n) is 15.7. The van der Waals surface area contributed by atoms with Crippen molar-refractivity contribution in [3.8, 4) is 0 Å². The summed E-state index contributed by atoms with van der Waals surface area (Å²) in [6.45, 7) is 1.03. The molecule has 9 heteroatoms. The van der Waals surface area contributed by atoms with E-state index in [0.29, 0.717) is 17.4 Å². The van der Waals surface area contributed by atoms with E-state index in [0.717, 1.165) is 37.5 Å². The van der Waals surface area contributed by atoms with Crippen LogP contribution in [0.2, 0.25) is 0 Å². The highest BCUT2D eigenvalue weighted by Gasteiger charge is 2.19. The molecule has 2 aromatic heterocycles. The van der Waals surface area contributed by atoms with E-state index in [-0.39, 0.29) is 12.5 Å². The fraction of sp³-hybridized carbons (Fsp3) is 0.421. The number of H-pyrrole nitrogens is 1. The van der Waals surface area contributed by atoms with Crippen LogP contribution in [-0.2, 0) is 30.8 Å². The zero-order chi connectivity index (χ0) is 19.7. The summed E-state index contributed by atoms with van der Waals surface area (Å²) in [6, 6.07) is 6.75. The van der Waals surface area contributed by atoms with E-state index in [1.165, 1.54) is 15.9 Å². The van der Waals surface area contributed by atoms with Crippen LogP contribution >= 0.6 is 0 Å². The van der Waals surface area contributed by atoms with Crippen molar-refractivity contribution in [3.05, 3.63) is 56.8 Å². The number of hydrogen-bond acceptors (Lipinski definition) is 5. The highest BCUT2D eigenvalue weighted by Crippen LogP contribution is 2.15. The highest BCUT2D eigenvalue weighted by atomic mass is 16.2. The molecule has 1 N–H and O–H groups in total. The lowest BCUT2D eigenvalue weighted by molar-refractivity contribution is -0.131. The fourth-order valence-electron chi connectivity index (χ4n) is 3.62. The second kappa shape index (κ2) is 7.41. The quantitative estimate of drug-likeness (QED) is 0.714. The van der Waals surface area contributed by atoms with Gasteiger partial charge in [0.1, 0.15) is 12.4 Å². The van der Waals surface area contributed by atoms with Crippen LogP contribution in [0.5, 0.6) is 0 Å². The Kier molecular flexibility index (Phi) is 4.81.